The van der Waals surface area contributed by atoms with Crippen molar-refractivity contribution in [3.63, 3.8) is 0 Å². The minimum absolute atomic E-state index is 0. The van der Waals surface area contributed by atoms with Gasteiger partial charge in [0.25, 0.3) is 0 Å². The van der Waals surface area contributed by atoms with E-state index in [1.165, 1.54) is 0 Å². The molecule has 0 radical (unpaired) electrons. The van der Waals surface area contributed by atoms with E-state index in [2.05, 4.69) is 9.60 Å². The molecule has 27 heavy (non-hydrogen) atoms. The van der Waals surface area contributed by atoms with Crippen molar-refractivity contribution in [3.05, 3.63) is 5.84 Å². The first-order valence-corrected chi connectivity index (χ1v) is 9.10. The predicted molar refractivity (Wildman–Crippen MR) is 80.7 cm³/mol. The summed E-state index contributed by atoms with van der Waals surface area (Å²) in [5.41, 5.74) is 0. The van der Waals surface area contributed by atoms with Gasteiger partial charge in [0, 0.05) is 13.0 Å². The van der Waals surface area contributed by atoms with Crippen LogP contribution in [-0.2, 0) is 29.1 Å². The van der Waals surface area contributed by atoms with Gasteiger partial charge in [-0.3, -0.25) is 18.9 Å². The van der Waals surface area contributed by atoms with Crippen LogP contribution in [0.15, 0.2) is 0 Å². The fraction of sp³-hybridized carbons (Fsp3) is 0.667. The first-order valence-electron chi connectivity index (χ1n) is 7.73. The van der Waals surface area contributed by atoms with Gasteiger partial charge >= 0.3 is 46.0 Å². The number of rotatable bonds is 4. The van der Waals surface area contributed by atoms with E-state index in [1.54, 1.807) is 0 Å². The molecule has 5 amide bonds. The quantitative estimate of drug-likeness (QED) is 0.201. The second-order valence-electron chi connectivity index (χ2n) is 6.18. The molecular formula is C12H16N5NaO8S. The van der Waals surface area contributed by atoms with E-state index in [4.69, 9.17) is 10.4 Å². The number of amides is 5. The van der Waals surface area contributed by atoms with Crippen molar-refractivity contribution >= 4 is 34.2 Å². The molecule has 3 rings (SSSR count). The zero-order valence-corrected chi connectivity index (χ0v) is 17.1. The van der Waals surface area contributed by atoms with Gasteiger partial charge in [-0.05, 0) is 19.3 Å². The fourth-order valence-corrected chi connectivity index (χ4v) is 3.69. The molecular weight excluding hydrogens is 397 g/mol. The maximum Gasteiger partial charge on any atom is 1.00 e. The number of nitrogens with one attached hydrogen (secondary N) is 2. The van der Waals surface area contributed by atoms with Crippen LogP contribution in [0.25, 0.3) is 5.84 Å². The monoisotopic (exact) mass is 413 g/mol. The number of fused-ring (bicyclic) bond motifs is 2. The van der Waals surface area contributed by atoms with Gasteiger partial charge in [-0.15, -0.1) is 4.28 Å². The molecule has 3 fully saturated rings. The van der Waals surface area contributed by atoms with Crippen LogP contribution in [0.5, 0.6) is 0 Å². The van der Waals surface area contributed by atoms with E-state index < -0.39 is 46.4 Å². The summed E-state index contributed by atoms with van der Waals surface area (Å²) in [5.74, 6) is 5.54. The summed E-state index contributed by atoms with van der Waals surface area (Å²) in [6.45, 7) is -0.0487. The number of piperidine rings is 1. The van der Waals surface area contributed by atoms with Crippen molar-refractivity contribution in [1.29, 1.82) is 0 Å². The fourth-order valence-electron chi connectivity index (χ4n) is 3.30. The maximum absolute atomic E-state index is 12.5. The number of hydroxylamine groups is 2. The van der Waals surface area contributed by atoms with Gasteiger partial charge in [0.1, 0.15) is 12.1 Å². The van der Waals surface area contributed by atoms with Gasteiger partial charge in [-0.25, -0.2) is 4.79 Å². The average Bonchev–Trinajstić information content (AvgIpc) is 3.10. The predicted octanol–water partition coefficient (Wildman–Crippen LogP) is -4.41. The minimum atomic E-state index is -4.91. The third-order valence-electron chi connectivity index (χ3n) is 4.52. The zero-order valence-electron chi connectivity index (χ0n) is 14.3. The van der Waals surface area contributed by atoms with Crippen LogP contribution in [0.1, 0.15) is 25.7 Å². The summed E-state index contributed by atoms with van der Waals surface area (Å²) >= 11 is 0. The smallest absolute Gasteiger partial charge is 0.573 e. The summed E-state index contributed by atoms with van der Waals surface area (Å²) < 4.78 is 34.7. The molecule has 0 aromatic carbocycles. The Morgan fingerprint density at radius 3 is 2.44 bits per heavy atom. The van der Waals surface area contributed by atoms with Crippen LogP contribution < -0.4 is 34.9 Å². The first kappa shape index (κ1) is 22.0. The number of carbonyl (C=O) groups is 4. The summed E-state index contributed by atoms with van der Waals surface area (Å²) in [6.07, 6.45) is 0.554. The zero-order chi connectivity index (χ0) is 19.2. The van der Waals surface area contributed by atoms with Crippen LogP contribution in [0, 0.1) is 0 Å². The Hall–Kier alpha value is -1.29. The number of carbonyl (C=O) groups excluding carboxylic acids is 4. The molecule has 3 atom stereocenters. The van der Waals surface area contributed by atoms with E-state index in [0.717, 1.165) is 4.90 Å². The molecule has 2 bridgehead atoms. The number of imide groups is 1. The van der Waals surface area contributed by atoms with Crippen LogP contribution >= 0.6 is 0 Å². The topological polar surface area (TPSA) is 177 Å². The minimum Gasteiger partial charge on any atom is -0.573 e. The molecule has 3 saturated heterocycles. The van der Waals surface area contributed by atoms with Gasteiger partial charge in [0.2, 0.25) is 17.7 Å². The van der Waals surface area contributed by atoms with Crippen molar-refractivity contribution in [2.45, 2.75) is 43.8 Å². The Bertz CT molecular complexity index is 776. The van der Waals surface area contributed by atoms with Crippen LogP contribution in [0.2, 0.25) is 0 Å². The molecule has 3 heterocycles. The third-order valence-corrected chi connectivity index (χ3v) is 4.87. The van der Waals surface area contributed by atoms with Crippen LogP contribution in [0.4, 0.5) is 4.79 Å². The van der Waals surface area contributed by atoms with E-state index in [-0.39, 0.29) is 72.7 Å². The number of hydrogen-bond acceptors (Lipinski definition) is 7. The molecule has 3 aliphatic rings. The Morgan fingerprint density at radius 2 is 1.89 bits per heavy atom. The molecule has 3 N–H and O–H groups in total. The summed E-state index contributed by atoms with van der Waals surface area (Å²) in [5, 5.41) is 2.96. The summed E-state index contributed by atoms with van der Waals surface area (Å²) in [7, 11) is -4.91. The van der Waals surface area contributed by atoms with E-state index in [9.17, 15) is 27.6 Å². The standard InChI is InChI=1S/C12H16N5O8S.Na/c13-16(10(19)7-2-4-9(18)14-7)11(20)8-3-1-6-5-15(8)12(21)17(6)25-26(22,23)24;/h6-8,13H,1-5H2,(H,14,18)(H,22,23,24);/q-1;+1/t6-,7-,8+;/m1./s1. The molecule has 0 spiro atoms. The molecule has 13 nitrogen and oxygen atoms in total. The normalized spacial score (nSPS) is 27.3. The molecule has 144 valence electrons. The van der Waals surface area contributed by atoms with Gasteiger partial charge in [0.05, 0.1) is 6.04 Å². The molecule has 0 aromatic heterocycles. The van der Waals surface area contributed by atoms with Crippen LogP contribution in [0.3, 0.4) is 0 Å². The average molecular weight is 413 g/mol. The largest absolute Gasteiger partial charge is 1.00 e. The Balaban J connectivity index is 0.00000261. The van der Waals surface area contributed by atoms with Gasteiger partial charge < -0.3 is 21.1 Å². The second kappa shape index (κ2) is 7.98. The SMILES string of the molecule is [NH-]N(C(=O)[C@H]1CCC(=O)N1)C(=O)[C@@H]1CC[C@@H]2CN1C(=O)N2OS(=O)(=O)O.[Na+]. The molecule has 0 aliphatic carbocycles. The number of urea groups is 1. The van der Waals surface area contributed by atoms with Gasteiger partial charge in [0.15, 0.2) is 0 Å². The Kier molecular flexibility index (Phi) is 6.51. The van der Waals surface area contributed by atoms with Crippen molar-refractivity contribution < 1.29 is 66.0 Å². The second-order valence-corrected chi connectivity index (χ2v) is 7.19. The Labute approximate surface area is 176 Å². The van der Waals surface area contributed by atoms with Crippen LogP contribution in [-0.4, -0.2) is 76.4 Å². The van der Waals surface area contributed by atoms with Gasteiger partial charge in [-0.2, -0.15) is 13.5 Å². The summed E-state index contributed by atoms with van der Waals surface area (Å²) in [4.78, 5) is 49.1. The van der Waals surface area contributed by atoms with Crippen molar-refractivity contribution in [2.75, 3.05) is 6.54 Å². The van der Waals surface area contributed by atoms with Crippen molar-refractivity contribution in [2.24, 2.45) is 0 Å². The van der Waals surface area contributed by atoms with Crippen molar-refractivity contribution in [1.82, 2.24) is 20.3 Å². The number of nitrogens with zero attached hydrogens (tertiary/aromatic N) is 3. The molecule has 0 aromatic rings. The number of hydrogen-bond donors (Lipinski definition) is 2. The van der Waals surface area contributed by atoms with E-state index in [0.29, 0.717) is 5.06 Å². The molecule has 0 unspecified atom stereocenters. The van der Waals surface area contributed by atoms with E-state index in [1.807, 2.05) is 0 Å². The molecule has 15 heteroatoms. The van der Waals surface area contributed by atoms with E-state index >= 15 is 0 Å². The Morgan fingerprint density at radius 1 is 1.22 bits per heavy atom. The summed E-state index contributed by atoms with van der Waals surface area (Å²) in [6, 6.07) is -3.75. The first-order chi connectivity index (χ1) is 12.1. The third kappa shape index (κ3) is 4.42. The maximum atomic E-state index is 12.5. The molecule has 3 aliphatic heterocycles. The van der Waals surface area contributed by atoms with Gasteiger partial charge in [-0.1, -0.05) is 0 Å². The molecule has 0 saturated carbocycles. The van der Waals surface area contributed by atoms with Crippen molar-refractivity contribution in [3.8, 4) is 0 Å².